The Balaban J connectivity index is 2.09. The molecule has 1 atom stereocenters. The monoisotopic (exact) mass is 299 g/mol. The maximum absolute atomic E-state index is 13.9. The van der Waals surface area contributed by atoms with Gasteiger partial charge in [-0.25, -0.2) is 9.18 Å². The highest BCUT2D eigenvalue weighted by Crippen LogP contribution is 2.44. The fourth-order valence-electron chi connectivity index (χ4n) is 2.02. The molecule has 2 aliphatic rings. The van der Waals surface area contributed by atoms with Crippen LogP contribution in [0.4, 0.5) is 28.0 Å². The number of ether oxygens (including phenoxy) is 1. The number of fused-ring (bicyclic) bond motifs is 1. The fraction of sp³-hybridized carbons (Fsp3) is 0.357. The summed E-state index contributed by atoms with van der Waals surface area (Å²) in [5.74, 6) is 1.87. The zero-order valence-corrected chi connectivity index (χ0v) is 10.6. The zero-order valence-electron chi connectivity index (χ0n) is 10.6. The van der Waals surface area contributed by atoms with Crippen molar-refractivity contribution in [3.05, 3.63) is 29.6 Å². The molecule has 1 saturated carbocycles. The molecule has 1 amide bonds. The van der Waals surface area contributed by atoms with Gasteiger partial charge < -0.3 is 4.74 Å². The van der Waals surface area contributed by atoms with E-state index in [0.717, 1.165) is 31.0 Å². The van der Waals surface area contributed by atoms with E-state index >= 15 is 0 Å². The summed E-state index contributed by atoms with van der Waals surface area (Å²) >= 11 is 0. The first kappa shape index (κ1) is 13.7. The van der Waals surface area contributed by atoms with Crippen LogP contribution in [0.2, 0.25) is 0 Å². The molecule has 1 unspecified atom stereocenters. The molecule has 0 radical (unpaired) electrons. The van der Waals surface area contributed by atoms with Crippen LogP contribution in [-0.4, -0.2) is 12.3 Å². The van der Waals surface area contributed by atoms with Crippen molar-refractivity contribution in [1.29, 1.82) is 0 Å². The highest BCUT2D eigenvalue weighted by atomic mass is 19.4. The number of benzene rings is 1. The van der Waals surface area contributed by atoms with Gasteiger partial charge in [-0.15, -0.1) is 0 Å². The molecule has 1 aromatic carbocycles. The third-order valence-electron chi connectivity index (χ3n) is 3.18. The maximum Gasteiger partial charge on any atom is 0.430 e. The number of rotatable bonds is 0. The SMILES string of the molecule is O=C1OC(C(F)(F)F)c2cccc(F)c2N1C#CC1CC1. The molecule has 110 valence electrons. The van der Waals surface area contributed by atoms with E-state index in [0.29, 0.717) is 4.90 Å². The molecule has 3 rings (SSSR count). The number of carbonyl (C=O) groups is 1. The highest BCUT2D eigenvalue weighted by Gasteiger charge is 2.50. The minimum absolute atomic E-state index is 0.105. The van der Waals surface area contributed by atoms with Crippen molar-refractivity contribution in [2.24, 2.45) is 5.92 Å². The van der Waals surface area contributed by atoms with Crippen LogP contribution in [0.25, 0.3) is 0 Å². The lowest BCUT2D eigenvalue weighted by Gasteiger charge is -2.31. The molecule has 0 saturated heterocycles. The van der Waals surface area contributed by atoms with Gasteiger partial charge in [-0.1, -0.05) is 18.1 Å². The Labute approximate surface area is 117 Å². The number of hydrogen-bond acceptors (Lipinski definition) is 2. The van der Waals surface area contributed by atoms with Crippen LogP contribution in [0.15, 0.2) is 18.2 Å². The van der Waals surface area contributed by atoms with E-state index in [-0.39, 0.29) is 5.92 Å². The van der Waals surface area contributed by atoms with E-state index < -0.39 is 35.4 Å². The second kappa shape index (κ2) is 4.65. The Morgan fingerprint density at radius 3 is 2.62 bits per heavy atom. The van der Waals surface area contributed by atoms with Gasteiger partial charge in [0.05, 0.1) is 0 Å². The summed E-state index contributed by atoms with van der Waals surface area (Å²) in [5.41, 5.74) is -0.934. The fourth-order valence-corrected chi connectivity index (χ4v) is 2.02. The molecule has 0 bridgehead atoms. The van der Waals surface area contributed by atoms with Crippen molar-refractivity contribution in [3.63, 3.8) is 0 Å². The van der Waals surface area contributed by atoms with Crippen LogP contribution in [0, 0.1) is 23.7 Å². The van der Waals surface area contributed by atoms with Gasteiger partial charge in [0.25, 0.3) is 0 Å². The van der Waals surface area contributed by atoms with Crippen LogP contribution < -0.4 is 4.90 Å². The van der Waals surface area contributed by atoms with Crippen LogP contribution >= 0.6 is 0 Å². The molecule has 1 fully saturated rings. The van der Waals surface area contributed by atoms with Crippen molar-refractivity contribution in [2.45, 2.75) is 25.1 Å². The van der Waals surface area contributed by atoms with Crippen molar-refractivity contribution < 1.29 is 27.1 Å². The second-order valence-electron chi connectivity index (χ2n) is 4.85. The zero-order chi connectivity index (χ0) is 15.2. The molecular weight excluding hydrogens is 290 g/mol. The van der Waals surface area contributed by atoms with Crippen LogP contribution in [0.1, 0.15) is 24.5 Å². The Kier molecular flexibility index (Phi) is 3.04. The quantitative estimate of drug-likeness (QED) is 0.539. The number of halogens is 4. The molecule has 1 aromatic rings. The molecular formula is C14H9F4NO2. The molecule has 0 N–H and O–H groups in total. The van der Waals surface area contributed by atoms with E-state index in [1.54, 1.807) is 0 Å². The van der Waals surface area contributed by atoms with Gasteiger partial charge in [0.2, 0.25) is 6.10 Å². The first-order chi connectivity index (χ1) is 9.88. The third-order valence-corrected chi connectivity index (χ3v) is 3.18. The summed E-state index contributed by atoms with van der Waals surface area (Å²) in [5, 5.41) is 0. The second-order valence-corrected chi connectivity index (χ2v) is 4.85. The number of alkyl halides is 3. The summed E-state index contributed by atoms with van der Waals surface area (Å²) in [7, 11) is 0. The minimum Gasteiger partial charge on any atom is -0.430 e. The van der Waals surface area contributed by atoms with Gasteiger partial charge in [-0.05, 0) is 18.9 Å². The van der Waals surface area contributed by atoms with E-state index in [1.165, 1.54) is 0 Å². The van der Waals surface area contributed by atoms with E-state index in [1.807, 2.05) is 0 Å². The van der Waals surface area contributed by atoms with Crippen LogP contribution in [0.3, 0.4) is 0 Å². The largest absolute Gasteiger partial charge is 0.430 e. The van der Waals surface area contributed by atoms with Crippen molar-refractivity contribution in [3.8, 4) is 12.0 Å². The average Bonchev–Trinajstić information content (AvgIpc) is 3.20. The molecule has 0 aromatic heterocycles. The smallest absolute Gasteiger partial charge is 0.430 e. The Bertz CT molecular complexity index is 655. The number of anilines is 1. The van der Waals surface area contributed by atoms with Crippen molar-refractivity contribution in [1.82, 2.24) is 0 Å². The summed E-state index contributed by atoms with van der Waals surface area (Å²) < 4.78 is 57.1. The molecule has 21 heavy (non-hydrogen) atoms. The average molecular weight is 299 g/mol. The van der Waals surface area contributed by atoms with Crippen molar-refractivity contribution in [2.75, 3.05) is 4.90 Å². The summed E-state index contributed by atoms with van der Waals surface area (Å²) in [6.07, 6.45) is -6.87. The Morgan fingerprint density at radius 1 is 1.29 bits per heavy atom. The summed E-state index contributed by atoms with van der Waals surface area (Å²) in [4.78, 5) is 12.4. The Hall–Kier alpha value is -2.23. The standard InChI is InChI=1S/C14H9F4NO2/c15-10-3-1-2-9-11(10)19(7-6-8-4-5-8)13(20)21-12(9)14(16,17)18/h1-3,8,12H,4-5H2. The van der Waals surface area contributed by atoms with Gasteiger partial charge >= 0.3 is 12.3 Å². The first-order valence-corrected chi connectivity index (χ1v) is 6.25. The first-order valence-electron chi connectivity index (χ1n) is 6.25. The summed E-state index contributed by atoms with van der Waals surface area (Å²) in [6.45, 7) is 0. The topological polar surface area (TPSA) is 29.5 Å². The minimum atomic E-state index is -4.81. The molecule has 0 spiro atoms. The molecule has 1 heterocycles. The van der Waals surface area contributed by atoms with Crippen LogP contribution in [0.5, 0.6) is 0 Å². The molecule has 7 heteroatoms. The lowest BCUT2D eigenvalue weighted by atomic mass is 10.0. The van der Waals surface area contributed by atoms with Gasteiger partial charge in [-0.3, -0.25) is 0 Å². The number of cyclic esters (lactones) is 1. The van der Waals surface area contributed by atoms with Gasteiger partial charge in [0, 0.05) is 17.5 Å². The lowest BCUT2D eigenvalue weighted by Crippen LogP contribution is -2.39. The van der Waals surface area contributed by atoms with Gasteiger partial charge in [0.1, 0.15) is 11.5 Å². The maximum atomic E-state index is 13.9. The highest BCUT2D eigenvalue weighted by molar-refractivity contribution is 5.94. The summed E-state index contributed by atoms with van der Waals surface area (Å²) in [6, 6.07) is 5.60. The van der Waals surface area contributed by atoms with Gasteiger partial charge in [0.15, 0.2) is 0 Å². The molecule has 1 aliphatic carbocycles. The molecule has 1 aliphatic heterocycles. The number of carbonyl (C=O) groups excluding carboxylic acids is 1. The van der Waals surface area contributed by atoms with E-state index in [9.17, 15) is 22.4 Å². The Morgan fingerprint density at radius 2 is 2.00 bits per heavy atom. The number of para-hydroxylation sites is 1. The number of amides is 1. The number of nitrogens with zero attached hydrogens (tertiary/aromatic N) is 1. The normalized spacial score (nSPS) is 21.2. The van der Waals surface area contributed by atoms with E-state index in [4.69, 9.17) is 0 Å². The predicted molar refractivity (Wildman–Crippen MR) is 64.7 cm³/mol. The van der Waals surface area contributed by atoms with Crippen molar-refractivity contribution >= 4 is 11.8 Å². The van der Waals surface area contributed by atoms with Gasteiger partial charge in [-0.2, -0.15) is 18.1 Å². The van der Waals surface area contributed by atoms with Crippen LogP contribution in [-0.2, 0) is 4.74 Å². The van der Waals surface area contributed by atoms with E-state index in [2.05, 4.69) is 16.7 Å². The predicted octanol–water partition coefficient (Wildman–Crippen LogP) is 3.76. The third kappa shape index (κ3) is 2.53. The lowest BCUT2D eigenvalue weighted by molar-refractivity contribution is -0.206. The number of hydrogen-bond donors (Lipinski definition) is 0. The molecule has 3 nitrogen and oxygen atoms in total.